The molecule has 0 saturated carbocycles. The molecule has 1 fully saturated rings. The van der Waals surface area contributed by atoms with Gasteiger partial charge in [0.2, 0.25) is 11.8 Å². The van der Waals surface area contributed by atoms with E-state index in [1.54, 1.807) is 13.8 Å². The molecule has 1 unspecified atom stereocenters. The molecule has 0 bridgehead atoms. The number of hydrogen-bond acceptors (Lipinski definition) is 4. The minimum atomic E-state index is -0.908. The Kier molecular flexibility index (Phi) is 5.04. The number of hydrogen-bond donors (Lipinski definition) is 1. The minimum Gasteiger partial charge on any atom is -0.491 e. The highest BCUT2D eigenvalue weighted by molar-refractivity contribution is 6.05. The van der Waals surface area contributed by atoms with Crippen LogP contribution in [0.2, 0.25) is 0 Å². The summed E-state index contributed by atoms with van der Waals surface area (Å²) in [6, 6.07) is 7.72. The summed E-state index contributed by atoms with van der Waals surface area (Å²) in [4.78, 5) is 25.2. The number of carbonyl (C=O) groups is 2. The van der Waals surface area contributed by atoms with E-state index in [2.05, 4.69) is 20.8 Å². The first-order valence-electron chi connectivity index (χ1n) is 8.27. The molecule has 132 valence electrons. The molecule has 0 spiro atoms. The van der Waals surface area contributed by atoms with E-state index in [1.807, 2.05) is 24.3 Å². The first-order valence-corrected chi connectivity index (χ1v) is 8.27. The number of amides is 2. The number of imide groups is 1. The van der Waals surface area contributed by atoms with E-state index in [0.29, 0.717) is 5.75 Å². The Morgan fingerprint density at radius 2 is 1.79 bits per heavy atom. The molecule has 1 N–H and O–H groups in total. The Labute approximate surface area is 143 Å². The summed E-state index contributed by atoms with van der Waals surface area (Å²) in [5.41, 5.74) is 0.591. The van der Waals surface area contributed by atoms with Crippen LogP contribution in [0.5, 0.6) is 5.75 Å². The number of rotatable bonds is 5. The van der Waals surface area contributed by atoms with E-state index in [0.717, 1.165) is 4.90 Å². The summed E-state index contributed by atoms with van der Waals surface area (Å²) in [6.07, 6.45) is -0.720. The highest BCUT2D eigenvalue weighted by Gasteiger charge is 2.45. The summed E-state index contributed by atoms with van der Waals surface area (Å²) >= 11 is 0. The second-order valence-electron chi connectivity index (χ2n) is 8.11. The number of benzene rings is 1. The van der Waals surface area contributed by atoms with Gasteiger partial charge in [0.25, 0.3) is 0 Å². The SMILES string of the molecule is CC1(C)CC(=O)N(CC(O)COc2ccc(C(C)(C)C)cc2)C1=O. The lowest BCUT2D eigenvalue weighted by Gasteiger charge is -2.21. The van der Waals surface area contributed by atoms with Gasteiger partial charge in [0, 0.05) is 6.42 Å². The zero-order chi connectivity index (χ0) is 18.1. The molecule has 0 radical (unpaired) electrons. The van der Waals surface area contributed by atoms with Crippen LogP contribution in [0.4, 0.5) is 0 Å². The normalized spacial score (nSPS) is 18.8. The van der Waals surface area contributed by atoms with Crippen LogP contribution in [0.25, 0.3) is 0 Å². The fourth-order valence-electron chi connectivity index (χ4n) is 2.72. The predicted molar refractivity (Wildman–Crippen MR) is 91.8 cm³/mol. The number of β-amino-alcohol motifs (C(OH)–C–C–N with tert-alkyl or cyclic N) is 1. The van der Waals surface area contributed by atoms with Gasteiger partial charge < -0.3 is 9.84 Å². The Morgan fingerprint density at radius 1 is 1.21 bits per heavy atom. The van der Waals surface area contributed by atoms with Crippen LogP contribution < -0.4 is 4.74 Å². The van der Waals surface area contributed by atoms with Crippen molar-refractivity contribution in [1.82, 2.24) is 4.90 Å². The molecule has 5 nitrogen and oxygen atoms in total. The molecule has 2 rings (SSSR count). The second kappa shape index (κ2) is 6.55. The highest BCUT2D eigenvalue weighted by atomic mass is 16.5. The van der Waals surface area contributed by atoms with Gasteiger partial charge in [0.05, 0.1) is 12.0 Å². The average molecular weight is 333 g/mol. The summed E-state index contributed by atoms with van der Waals surface area (Å²) in [6.45, 7) is 9.90. The topological polar surface area (TPSA) is 66.8 Å². The number of carbonyl (C=O) groups excluding carboxylic acids is 2. The first kappa shape index (κ1) is 18.5. The maximum absolute atomic E-state index is 12.1. The van der Waals surface area contributed by atoms with Gasteiger partial charge in [-0.1, -0.05) is 46.8 Å². The zero-order valence-electron chi connectivity index (χ0n) is 15.1. The van der Waals surface area contributed by atoms with E-state index in [-0.39, 0.29) is 36.8 Å². The van der Waals surface area contributed by atoms with Crippen molar-refractivity contribution in [2.45, 2.75) is 52.6 Å². The van der Waals surface area contributed by atoms with Gasteiger partial charge in [-0.05, 0) is 23.1 Å². The number of nitrogens with zero attached hydrogens (tertiary/aromatic N) is 1. The third-order valence-corrected chi connectivity index (χ3v) is 4.27. The molecule has 5 heteroatoms. The molecule has 1 aromatic rings. The largest absolute Gasteiger partial charge is 0.491 e. The Balaban J connectivity index is 1.89. The minimum absolute atomic E-state index is 0.0266. The van der Waals surface area contributed by atoms with Crippen LogP contribution in [0.3, 0.4) is 0 Å². The van der Waals surface area contributed by atoms with Gasteiger partial charge >= 0.3 is 0 Å². The maximum Gasteiger partial charge on any atom is 0.235 e. The molecule has 1 aliphatic rings. The molecule has 2 amide bonds. The molecule has 1 atom stereocenters. The molecule has 1 aromatic carbocycles. The fraction of sp³-hybridized carbons (Fsp3) is 0.579. The van der Waals surface area contributed by atoms with E-state index >= 15 is 0 Å². The zero-order valence-corrected chi connectivity index (χ0v) is 15.1. The summed E-state index contributed by atoms with van der Waals surface area (Å²) in [5, 5.41) is 10.1. The molecule has 0 aromatic heterocycles. The van der Waals surface area contributed by atoms with Crippen LogP contribution in [0.15, 0.2) is 24.3 Å². The van der Waals surface area contributed by atoms with Gasteiger partial charge in [-0.15, -0.1) is 0 Å². The summed E-state index contributed by atoms with van der Waals surface area (Å²) in [7, 11) is 0. The number of likely N-dealkylation sites (tertiary alicyclic amines) is 1. The maximum atomic E-state index is 12.1. The van der Waals surface area contributed by atoms with Crippen molar-refractivity contribution in [3.63, 3.8) is 0 Å². The molecule has 1 aliphatic heterocycles. The van der Waals surface area contributed by atoms with Crippen molar-refractivity contribution < 1.29 is 19.4 Å². The van der Waals surface area contributed by atoms with Gasteiger partial charge in [-0.25, -0.2) is 0 Å². The number of aliphatic hydroxyl groups is 1. The van der Waals surface area contributed by atoms with Crippen LogP contribution >= 0.6 is 0 Å². The number of aliphatic hydroxyl groups excluding tert-OH is 1. The van der Waals surface area contributed by atoms with Crippen molar-refractivity contribution in [3.05, 3.63) is 29.8 Å². The Morgan fingerprint density at radius 3 is 2.25 bits per heavy atom. The van der Waals surface area contributed by atoms with Crippen molar-refractivity contribution in [1.29, 1.82) is 0 Å². The van der Waals surface area contributed by atoms with E-state index in [1.165, 1.54) is 5.56 Å². The molecule has 1 heterocycles. The van der Waals surface area contributed by atoms with Crippen LogP contribution in [0, 0.1) is 5.41 Å². The molecule has 1 saturated heterocycles. The Bertz CT molecular complexity index is 613. The lowest BCUT2D eigenvalue weighted by molar-refractivity contribution is -0.142. The quantitative estimate of drug-likeness (QED) is 0.841. The van der Waals surface area contributed by atoms with Crippen molar-refractivity contribution in [3.8, 4) is 5.75 Å². The van der Waals surface area contributed by atoms with Gasteiger partial charge in [-0.2, -0.15) is 0 Å². The molecule has 24 heavy (non-hydrogen) atoms. The third kappa shape index (κ3) is 4.15. The summed E-state index contributed by atoms with van der Waals surface area (Å²) in [5.74, 6) is 0.182. The molecular weight excluding hydrogens is 306 g/mol. The fourth-order valence-corrected chi connectivity index (χ4v) is 2.72. The first-order chi connectivity index (χ1) is 11.0. The monoisotopic (exact) mass is 333 g/mol. The van der Waals surface area contributed by atoms with Gasteiger partial charge in [0.15, 0.2) is 0 Å². The van der Waals surface area contributed by atoms with E-state index in [4.69, 9.17) is 4.74 Å². The smallest absolute Gasteiger partial charge is 0.235 e. The lowest BCUT2D eigenvalue weighted by atomic mass is 9.87. The van der Waals surface area contributed by atoms with E-state index < -0.39 is 11.5 Å². The van der Waals surface area contributed by atoms with E-state index in [9.17, 15) is 14.7 Å². The number of ether oxygens (including phenoxy) is 1. The van der Waals surface area contributed by atoms with Gasteiger partial charge in [0.1, 0.15) is 18.5 Å². The van der Waals surface area contributed by atoms with Crippen LogP contribution in [-0.4, -0.2) is 41.1 Å². The predicted octanol–water partition coefficient (Wildman–Crippen LogP) is 2.51. The Hall–Kier alpha value is -1.88. The van der Waals surface area contributed by atoms with Crippen molar-refractivity contribution >= 4 is 11.8 Å². The van der Waals surface area contributed by atoms with Crippen LogP contribution in [-0.2, 0) is 15.0 Å². The average Bonchev–Trinajstić information content (AvgIpc) is 2.67. The standard InChI is InChI=1S/C19H27NO4/c1-18(2,3)13-6-8-15(9-7-13)24-12-14(21)11-20-16(22)10-19(4,5)17(20)23/h6-9,14,21H,10-12H2,1-5H3. The van der Waals surface area contributed by atoms with Gasteiger partial charge in [-0.3, -0.25) is 14.5 Å². The molecule has 0 aliphatic carbocycles. The van der Waals surface area contributed by atoms with Crippen LogP contribution in [0.1, 0.15) is 46.6 Å². The molecular formula is C19H27NO4. The summed E-state index contributed by atoms with van der Waals surface area (Å²) < 4.78 is 5.57. The second-order valence-corrected chi connectivity index (χ2v) is 8.11. The lowest BCUT2D eigenvalue weighted by Crippen LogP contribution is -2.40. The highest BCUT2D eigenvalue weighted by Crippen LogP contribution is 2.31. The van der Waals surface area contributed by atoms with Crippen molar-refractivity contribution in [2.24, 2.45) is 5.41 Å². The van der Waals surface area contributed by atoms with Crippen molar-refractivity contribution in [2.75, 3.05) is 13.2 Å². The third-order valence-electron chi connectivity index (χ3n) is 4.27.